The molecule has 4 aliphatic rings. The third-order valence-corrected chi connectivity index (χ3v) is 5.71. The van der Waals surface area contributed by atoms with E-state index in [1.807, 2.05) is 4.90 Å². The third kappa shape index (κ3) is 2.87. The summed E-state index contributed by atoms with van der Waals surface area (Å²) in [4.78, 5) is 27.3. The Morgan fingerprint density at radius 2 is 1.96 bits per heavy atom. The zero-order valence-corrected chi connectivity index (χ0v) is 15.5. The van der Waals surface area contributed by atoms with Crippen molar-refractivity contribution in [3.63, 3.8) is 0 Å². The normalized spacial score (nSPS) is 28.2. The highest BCUT2D eigenvalue weighted by Gasteiger charge is 2.72. The maximum absolute atomic E-state index is 12.4. The van der Waals surface area contributed by atoms with Crippen LogP contribution in [0.25, 0.3) is 0 Å². The number of hydrogen-bond donors (Lipinski definition) is 2. The van der Waals surface area contributed by atoms with E-state index in [0.29, 0.717) is 24.9 Å². The van der Waals surface area contributed by atoms with Crippen molar-refractivity contribution in [3.05, 3.63) is 12.4 Å². The number of nitrogens with zero attached hydrogens (tertiary/aromatic N) is 5. The van der Waals surface area contributed by atoms with E-state index in [2.05, 4.69) is 30.5 Å². The number of morpholine rings is 1. The van der Waals surface area contributed by atoms with E-state index in [9.17, 15) is 4.79 Å². The van der Waals surface area contributed by atoms with Crippen molar-refractivity contribution in [2.24, 2.45) is 5.41 Å². The van der Waals surface area contributed by atoms with Crippen LogP contribution in [0.4, 0.5) is 11.9 Å². The molecule has 1 aliphatic heterocycles. The van der Waals surface area contributed by atoms with Gasteiger partial charge in [0.15, 0.2) is 5.75 Å². The second-order valence-electron chi connectivity index (χ2n) is 7.54. The largest absolute Gasteiger partial charge is 0.420 e. The minimum absolute atomic E-state index is 0.0627. The maximum atomic E-state index is 12.4. The number of nitrogens with one attached hydrogen (secondary N) is 2. The van der Waals surface area contributed by atoms with Gasteiger partial charge in [-0.3, -0.25) is 10.1 Å². The number of carbonyl (C=O) groups excluding carboxylic acids is 1. The molecule has 3 heterocycles. The summed E-state index contributed by atoms with van der Waals surface area (Å²) in [6.45, 7) is 2.86. The Balaban J connectivity index is 1.17. The lowest BCUT2D eigenvalue weighted by Gasteiger charge is -2.67. The zero-order chi connectivity index (χ0) is 19.2. The van der Waals surface area contributed by atoms with Crippen molar-refractivity contribution >= 4 is 17.8 Å². The van der Waals surface area contributed by atoms with Crippen LogP contribution in [-0.2, 0) is 14.3 Å². The number of amides is 1. The molecule has 6 rings (SSSR count). The number of anilines is 2. The van der Waals surface area contributed by atoms with Gasteiger partial charge in [0.05, 0.1) is 36.6 Å². The third-order valence-electron chi connectivity index (χ3n) is 5.71. The van der Waals surface area contributed by atoms with Crippen LogP contribution in [0.2, 0.25) is 0 Å². The van der Waals surface area contributed by atoms with E-state index < -0.39 is 0 Å². The van der Waals surface area contributed by atoms with Gasteiger partial charge in [-0.05, 0) is 19.3 Å². The molecule has 148 valence electrons. The number of rotatable bonds is 6. The minimum atomic E-state index is -0.326. The summed E-state index contributed by atoms with van der Waals surface area (Å²) in [7, 11) is 1.69. The maximum Gasteiger partial charge on any atom is 0.342 e. The summed E-state index contributed by atoms with van der Waals surface area (Å²) < 4.78 is 16.3. The molecule has 2 bridgehead atoms. The average Bonchev–Trinajstić information content (AvgIpc) is 3.08. The van der Waals surface area contributed by atoms with Crippen molar-refractivity contribution in [2.45, 2.75) is 24.9 Å². The number of aromatic nitrogens is 5. The standard InChI is InChI=1S/C17H21N7O4/c1-26-17-8-16(9-17,10-17)12(25)20-13-21-15(23-22-13)28-11-6-18-14(19-7-11)24-2-4-27-5-3-24/h6-7H,2-5,8-10H2,1H3,(H2,20,21,22,23,25). The molecule has 2 aromatic rings. The SMILES string of the molecule is COC12CC(C(=O)Nc3nc(Oc4cnc(N5CCOCC5)nc4)n[nH]3)(C1)C2. The Hall–Kier alpha value is -2.79. The fourth-order valence-corrected chi connectivity index (χ4v) is 4.13. The number of aromatic amines is 1. The minimum Gasteiger partial charge on any atom is -0.420 e. The van der Waals surface area contributed by atoms with Crippen LogP contribution >= 0.6 is 0 Å². The van der Waals surface area contributed by atoms with Gasteiger partial charge >= 0.3 is 6.01 Å². The van der Waals surface area contributed by atoms with Crippen LogP contribution in [0.3, 0.4) is 0 Å². The smallest absolute Gasteiger partial charge is 0.342 e. The van der Waals surface area contributed by atoms with E-state index in [1.54, 1.807) is 19.5 Å². The molecule has 1 saturated heterocycles. The number of H-pyrrole nitrogens is 1. The summed E-state index contributed by atoms with van der Waals surface area (Å²) in [5.74, 6) is 1.23. The zero-order valence-electron chi connectivity index (χ0n) is 15.5. The lowest BCUT2D eigenvalue weighted by atomic mass is 9.41. The molecular weight excluding hydrogens is 366 g/mol. The summed E-state index contributed by atoms with van der Waals surface area (Å²) in [5.41, 5.74) is -0.409. The van der Waals surface area contributed by atoms with E-state index in [-0.39, 0.29) is 28.9 Å². The molecule has 11 nitrogen and oxygen atoms in total. The van der Waals surface area contributed by atoms with Crippen LogP contribution in [0.1, 0.15) is 19.3 Å². The molecule has 11 heteroatoms. The highest BCUT2D eigenvalue weighted by atomic mass is 16.5. The first kappa shape index (κ1) is 17.3. The second-order valence-corrected chi connectivity index (χ2v) is 7.54. The van der Waals surface area contributed by atoms with Gasteiger partial charge in [-0.15, -0.1) is 5.10 Å². The van der Waals surface area contributed by atoms with Gasteiger partial charge in [0.2, 0.25) is 17.8 Å². The van der Waals surface area contributed by atoms with Crippen LogP contribution < -0.4 is 15.0 Å². The predicted molar refractivity (Wildman–Crippen MR) is 96.2 cm³/mol. The number of ether oxygens (including phenoxy) is 3. The van der Waals surface area contributed by atoms with Crippen molar-refractivity contribution < 1.29 is 19.0 Å². The molecule has 3 saturated carbocycles. The van der Waals surface area contributed by atoms with E-state index in [4.69, 9.17) is 14.2 Å². The summed E-state index contributed by atoms with van der Waals surface area (Å²) >= 11 is 0. The molecule has 3 aliphatic carbocycles. The Kier molecular flexibility index (Phi) is 3.95. The number of carbonyl (C=O) groups is 1. The fraction of sp³-hybridized carbons (Fsp3) is 0.588. The first-order valence-electron chi connectivity index (χ1n) is 9.21. The molecule has 28 heavy (non-hydrogen) atoms. The van der Waals surface area contributed by atoms with E-state index >= 15 is 0 Å². The van der Waals surface area contributed by atoms with Gasteiger partial charge in [0, 0.05) is 20.2 Å². The highest BCUT2D eigenvalue weighted by molar-refractivity contribution is 5.96. The molecule has 0 aromatic carbocycles. The van der Waals surface area contributed by atoms with Crippen LogP contribution in [0.15, 0.2) is 12.4 Å². The van der Waals surface area contributed by atoms with Crippen LogP contribution in [-0.4, -0.2) is 70.1 Å². The van der Waals surface area contributed by atoms with Gasteiger partial charge in [-0.25, -0.2) is 15.1 Å². The van der Waals surface area contributed by atoms with Gasteiger partial charge in [-0.1, -0.05) is 0 Å². The van der Waals surface area contributed by atoms with Gasteiger partial charge < -0.3 is 19.1 Å². The van der Waals surface area contributed by atoms with Crippen molar-refractivity contribution in [1.82, 2.24) is 25.1 Å². The van der Waals surface area contributed by atoms with E-state index in [1.165, 1.54) is 0 Å². The van der Waals surface area contributed by atoms with Crippen molar-refractivity contribution in [2.75, 3.05) is 43.6 Å². The first-order valence-corrected chi connectivity index (χ1v) is 9.21. The average molecular weight is 387 g/mol. The Morgan fingerprint density at radius 1 is 1.25 bits per heavy atom. The van der Waals surface area contributed by atoms with Crippen molar-refractivity contribution in [1.29, 1.82) is 0 Å². The summed E-state index contributed by atoms with van der Waals surface area (Å²) in [5, 5.41) is 9.40. The molecule has 4 fully saturated rings. The monoisotopic (exact) mass is 387 g/mol. The molecule has 1 amide bonds. The summed E-state index contributed by atoms with van der Waals surface area (Å²) in [6.07, 6.45) is 5.41. The lowest BCUT2D eigenvalue weighted by Crippen LogP contribution is -2.72. The van der Waals surface area contributed by atoms with Gasteiger partial charge in [0.25, 0.3) is 0 Å². The van der Waals surface area contributed by atoms with Crippen LogP contribution in [0.5, 0.6) is 11.8 Å². The Labute approximate surface area is 160 Å². The lowest BCUT2D eigenvalue weighted by molar-refractivity contribution is -0.260. The van der Waals surface area contributed by atoms with Crippen molar-refractivity contribution in [3.8, 4) is 11.8 Å². The van der Waals surface area contributed by atoms with Gasteiger partial charge in [0.1, 0.15) is 0 Å². The molecule has 0 radical (unpaired) electrons. The predicted octanol–water partition coefficient (Wildman–Crippen LogP) is 0.731. The molecule has 2 aromatic heterocycles. The van der Waals surface area contributed by atoms with Crippen LogP contribution in [0, 0.1) is 5.41 Å². The summed E-state index contributed by atoms with van der Waals surface area (Å²) in [6, 6.07) is 0.0870. The van der Waals surface area contributed by atoms with E-state index in [0.717, 1.165) is 32.4 Å². The quantitative estimate of drug-likeness (QED) is 0.737. The molecule has 2 N–H and O–H groups in total. The molecular formula is C17H21N7O4. The Bertz CT molecular complexity index is 858. The highest BCUT2D eigenvalue weighted by Crippen LogP contribution is 2.69. The van der Waals surface area contributed by atoms with Gasteiger partial charge in [-0.2, -0.15) is 4.98 Å². The first-order chi connectivity index (χ1) is 13.6. The molecule has 0 spiro atoms. The molecule has 0 unspecified atom stereocenters. The topological polar surface area (TPSA) is 127 Å². The Morgan fingerprint density at radius 3 is 2.64 bits per heavy atom. The number of methoxy groups -OCH3 is 1. The second kappa shape index (κ2) is 6.38. The fourth-order valence-electron chi connectivity index (χ4n) is 4.13. The molecule has 0 atom stereocenters. The number of hydrogen-bond acceptors (Lipinski definition) is 9.